The van der Waals surface area contributed by atoms with Gasteiger partial charge in [0, 0.05) is 28.9 Å². The van der Waals surface area contributed by atoms with Crippen LogP contribution in [0.5, 0.6) is 5.75 Å². The molecule has 6 nitrogen and oxygen atoms in total. The third-order valence-electron chi connectivity index (χ3n) is 4.09. The Kier molecular flexibility index (Phi) is 6.12. The van der Waals surface area contributed by atoms with E-state index >= 15 is 0 Å². The summed E-state index contributed by atoms with van der Waals surface area (Å²) in [5.74, 6) is 1.65. The number of benzene rings is 1. The highest BCUT2D eigenvalue weighted by Crippen LogP contribution is 2.26. The average molecular weight is 372 g/mol. The third kappa shape index (κ3) is 4.98. The average Bonchev–Trinajstić information content (AvgIpc) is 3.06. The van der Waals surface area contributed by atoms with Gasteiger partial charge in [0.1, 0.15) is 12.4 Å². The Morgan fingerprint density at radius 3 is 2.92 bits per heavy atom. The quantitative estimate of drug-likeness (QED) is 0.414. The van der Waals surface area contributed by atoms with Crippen LogP contribution in [-0.4, -0.2) is 32.1 Å². The van der Waals surface area contributed by atoms with Gasteiger partial charge in [-0.3, -0.25) is 9.79 Å². The van der Waals surface area contributed by atoms with Gasteiger partial charge in [-0.1, -0.05) is 0 Å². The van der Waals surface area contributed by atoms with Gasteiger partial charge in [0.15, 0.2) is 5.96 Å². The smallest absolute Gasteiger partial charge is 0.224 e. The zero-order valence-electron chi connectivity index (χ0n) is 15.1. The van der Waals surface area contributed by atoms with E-state index in [1.165, 1.54) is 9.75 Å². The summed E-state index contributed by atoms with van der Waals surface area (Å²) in [6, 6.07) is 10.0. The standard InChI is InChI=1S/C19H24N4O2S/c1-13-3-6-16(26-13)12-22-19(20-2)21-9-10-25-15-5-7-17-14(11-15)4-8-18(24)23-17/h3,5-7,11H,4,8-10,12H2,1-2H3,(H,23,24)(H2,20,21,22). The number of nitrogens with zero attached hydrogens (tertiary/aromatic N) is 1. The molecule has 1 aromatic heterocycles. The van der Waals surface area contributed by atoms with Crippen LogP contribution in [-0.2, 0) is 17.8 Å². The lowest BCUT2D eigenvalue weighted by atomic mass is 10.0. The Balaban J connectivity index is 1.41. The van der Waals surface area contributed by atoms with Crippen molar-refractivity contribution in [1.82, 2.24) is 10.6 Å². The van der Waals surface area contributed by atoms with Gasteiger partial charge in [0.05, 0.1) is 13.1 Å². The molecule has 0 aliphatic carbocycles. The molecule has 0 radical (unpaired) electrons. The van der Waals surface area contributed by atoms with Crippen molar-refractivity contribution in [3.8, 4) is 5.75 Å². The largest absolute Gasteiger partial charge is 0.492 e. The lowest BCUT2D eigenvalue weighted by Crippen LogP contribution is -2.38. The number of nitrogens with one attached hydrogen (secondary N) is 3. The molecular formula is C19H24N4O2S. The van der Waals surface area contributed by atoms with E-state index in [-0.39, 0.29) is 5.91 Å². The molecule has 1 aromatic carbocycles. The van der Waals surface area contributed by atoms with E-state index in [9.17, 15) is 4.79 Å². The van der Waals surface area contributed by atoms with Crippen LogP contribution in [0, 0.1) is 6.92 Å². The molecule has 0 fully saturated rings. The first-order valence-corrected chi connectivity index (χ1v) is 9.51. The SMILES string of the molecule is CN=C(NCCOc1ccc2c(c1)CCC(=O)N2)NCc1ccc(C)s1. The van der Waals surface area contributed by atoms with Gasteiger partial charge >= 0.3 is 0 Å². The molecular weight excluding hydrogens is 348 g/mol. The van der Waals surface area contributed by atoms with Gasteiger partial charge in [-0.15, -0.1) is 11.3 Å². The van der Waals surface area contributed by atoms with Crippen molar-refractivity contribution in [2.45, 2.75) is 26.3 Å². The predicted octanol–water partition coefficient (Wildman–Crippen LogP) is 2.69. The zero-order valence-corrected chi connectivity index (χ0v) is 15.9. The molecule has 0 unspecified atom stereocenters. The van der Waals surface area contributed by atoms with E-state index < -0.39 is 0 Å². The van der Waals surface area contributed by atoms with Crippen molar-refractivity contribution in [1.29, 1.82) is 0 Å². The maximum absolute atomic E-state index is 11.4. The molecule has 26 heavy (non-hydrogen) atoms. The number of anilines is 1. The molecule has 1 aliphatic heterocycles. The van der Waals surface area contributed by atoms with Crippen LogP contribution in [0.3, 0.4) is 0 Å². The number of amides is 1. The van der Waals surface area contributed by atoms with Crippen molar-refractivity contribution in [3.05, 3.63) is 45.6 Å². The number of aliphatic imine (C=N–C) groups is 1. The molecule has 3 N–H and O–H groups in total. The van der Waals surface area contributed by atoms with Crippen LogP contribution in [0.4, 0.5) is 5.69 Å². The second-order valence-electron chi connectivity index (χ2n) is 6.08. The number of rotatable bonds is 6. The molecule has 0 bridgehead atoms. The van der Waals surface area contributed by atoms with Crippen molar-refractivity contribution in [2.24, 2.45) is 4.99 Å². The number of thiophene rings is 1. The molecule has 0 atom stereocenters. The fourth-order valence-electron chi connectivity index (χ4n) is 2.76. The van der Waals surface area contributed by atoms with E-state index in [0.29, 0.717) is 19.6 Å². The molecule has 138 valence electrons. The Bertz CT molecular complexity index is 801. The van der Waals surface area contributed by atoms with Crippen LogP contribution in [0.1, 0.15) is 21.7 Å². The number of hydrogen-bond acceptors (Lipinski definition) is 4. The van der Waals surface area contributed by atoms with Crippen molar-refractivity contribution in [3.63, 3.8) is 0 Å². The minimum atomic E-state index is 0.0759. The Labute approximate surface area is 157 Å². The summed E-state index contributed by atoms with van der Waals surface area (Å²) in [7, 11) is 1.76. The molecule has 0 spiro atoms. The number of ether oxygens (including phenoxy) is 1. The normalized spacial score (nSPS) is 13.8. The molecule has 2 aromatic rings. The van der Waals surface area contributed by atoms with Gasteiger partial charge in [-0.25, -0.2) is 0 Å². The Hall–Kier alpha value is -2.54. The maximum Gasteiger partial charge on any atom is 0.224 e. The summed E-state index contributed by atoms with van der Waals surface area (Å²) in [6.07, 6.45) is 1.29. The van der Waals surface area contributed by atoms with Crippen LogP contribution in [0.2, 0.25) is 0 Å². The summed E-state index contributed by atoms with van der Waals surface area (Å²) in [5.41, 5.74) is 2.01. The van der Waals surface area contributed by atoms with Gasteiger partial charge in [-0.2, -0.15) is 0 Å². The lowest BCUT2D eigenvalue weighted by Gasteiger charge is -2.18. The number of aryl methyl sites for hydroxylation is 2. The monoisotopic (exact) mass is 372 g/mol. The number of carbonyl (C=O) groups excluding carboxylic acids is 1. The van der Waals surface area contributed by atoms with Gasteiger partial charge in [0.25, 0.3) is 0 Å². The zero-order chi connectivity index (χ0) is 18.4. The summed E-state index contributed by atoms with van der Waals surface area (Å²) < 4.78 is 5.80. The van der Waals surface area contributed by atoms with Crippen LogP contribution < -0.4 is 20.7 Å². The summed E-state index contributed by atoms with van der Waals surface area (Å²) in [6.45, 7) is 4.05. The van der Waals surface area contributed by atoms with Gasteiger partial charge in [-0.05, 0) is 49.2 Å². The number of guanidine groups is 1. The second-order valence-corrected chi connectivity index (χ2v) is 7.45. The molecule has 1 aliphatic rings. The minimum absolute atomic E-state index is 0.0759. The highest BCUT2D eigenvalue weighted by atomic mass is 32.1. The molecule has 0 saturated heterocycles. The molecule has 3 rings (SSSR count). The fourth-order valence-corrected chi connectivity index (χ4v) is 3.59. The third-order valence-corrected chi connectivity index (χ3v) is 5.09. The van der Waals surface area contributed by atoms with E-state index in [1.54, 1.807) is 18.4 Å². The Morgan fingerprint density at radius 1 is 1.27 bits per heavy atom. The van der Waals surface area contributed by atoms with Crippen LogP contribution >= 0.6 is 11.3 Å². The predicted molar refractivity (Wildman–Crippen MR) is 106 cm³/mol. The summed E-state index contributed by atoms with van der Waals surface area (Å²) in [5, 5.41) is 9.42. The summed E-state index contributed by atoms with van der Waals surface area (Å²) >= 11 is 1.78. The minimum Gasteiger partial charge on any atom is -0.492 e. The fraction of sp³-hybridized carbons (Fsp3) is 0.368. The van der Waals surface area contributed by atoms with Crippen LogP contribution in [0.25, 0.3) is 0 Å². The second kappa shape index (κ2) is 8.71. The highest BCUT2D eigenvalue weighted by molar-refractivity contribution is 7.11. The maximum atomic E-state index is 11.4. The van der Waals surface area contributed by atoms with Crippen molar-refractivity contribution in [2.75, 3.05) is 25.5 Å². The van der Waals surface area contributed by atoms with E-state index in [4.69, 9.17) is 4.74 Å². The van der Waals surface area contributed by atoms with Crippen molar-refractivity contribution < 1.29 is 9.53 Å². The van der Waals surface area contributed by atoms with E-state index in [1.807, 2.05) is 18.2 Å². The first-order chi connectivity index (χ1) is 12.6. The highest BCUT2D eigenvalue weighted by Gasteiger charge is 2.14. The van der Waals surface area contributed by atoms with E-state index in [2.05, 4.69) is 40.0 Å². The molecule has 1 amide bonds. The number of fused-ring (bicyclic) bond motifs is 1. The number of carbonyl (C=O) groups is 1. The first-order valence-electron chi connectivity index (χ1n) is 8.69. The lowest BCUT2D eigenvalue weighted by molar-refractivity contribution is -0.116. The van der Waals surface area contributed by atoms with Gasteiger partial charge < -0.3 is 20.7 Å². The molecule has 7 heteroatoms. The van der Waals surface area contributed by atoms with Gasteiger partial charge in [0.2, 0.25) is 5.91 Å². The van der Waals surface area contributed by atoms with E-state index in [0.717, 1.165) is 35.9 Å². The van der Waals surface area contributed by atoms with Crippen molar-refractivity contribution >= 4 is 28.9 Å². The topological polar surface area (TPSA) is 74.8 Å². The first kappa shape index (κ1) is 18.3. The molecule has 2 heterocycles. The molecule has 0 saturated carbocycles. The Morgan fingerprint density at radius 2 is 2.15 bits per heavy atom. The van der Waals surface area contributed by atoms with Crippen LogP contribution in [0.15, 0.2) is 35.3 Å². The summed E-state index contributed by atoms with van der Waals surface area (Å²) in [4.78, 5) is 18.2. The number of hydrogen-bond donors (Lipinski definition) is 3.